The summed E-state index contributed by atoms with van der Waals surface area (Å²) in [6.45, 7) is 0. The van der Waals surface area contributed by atoms with E-state index in [4.69, 9.17) is 15.1 Å². The molecule has 0 aromatic carbocycles. The Bertz CT molecular complexity index is 137. The van der Waals surface area contributed by atoms with Crippen molar-refractivity contribution in [3.63, 3.8) is 0 Å². The van der Waals surface area contributed by atoms with Crippen molar-refractivity contribution in [2.75, 3.05) is 0 Å². The molecular formula is C2H5BCaF2O7. The molecule has 7 nitrogen and oxygen atoms in total. The Morgan fingerprint density at radius 1 is 1.00 bits per heavy atom. The van der Waals surface area contributed by atoms with Gasteiger partial charge in [0.2, 0.25) is 0 Å². The third-order valence-electron chi connectivity index (χ3n) is 0.307. The molecule has 0 amide bonds. The molecule has 0 unspecified atom stereocenters. The van der Waals surface area contributed by atoms with E-state index >= 15 is 0 Å². The minimum absolute atomic E-state index is 0. The Labute approximate surface area is 100 Å². The number of carbonyl (C=O) groups excluding carboxylic acids is 2. The first-order chi connectivity index (χ1) is 5.45. The topological polar surface area (TPSA) is 113 Å². The number of hydrogen-bond acceptors (Lipinski definition) is 7. The molecule has 0 fully saturated rings. The van der Waals surface area contributed by atoms with E-state index in [2.05, 4.69) is 9.88 Å². The van der Waals surface area contributed by atoms with Crippen LogP contribution in [-0.2, 0) is 19.5 Å². The quantitative estimate of drug-likeness (QED) is 0.298. The fraction of sp³-hybridized carbons (Fsp3) is 0. The van der Waals surface area contributed by atoms with E-state index in [-0.39, 0.29) is 37.7 Å². The van der Waals surface area contributed by atoms with Crippen LogP contribution in [0, 0.1) is 0 Å². The zero-order valence-corrected chi connectivity index (χ0v) is 5.31. The monoisotopic (exact) mass is 230 g/mol. The summed E-state index contributed by atoms with van der Waals surface area (Å²) in [5.74, 6) is -4.04. The summed E-state index contributed by atoms with van der Waals surface area (Å²) in [6.07, 6.45) is 0. The summed E-state index contributed by atoms with van der Waals surface area (Å²) in [5.41, 5.74) is 0. The zero-order chi connectivity index (χ0) is 10.1. The van der Waals surface area contributed by atoms with Gasteiger partial charge in [-0.2, -0.15) is 0 Å². The van der Waals surface area contributed by atoms with Crippen LogP contribution in [0.4, 0.5) is 9.05 Å². The van der Waals surface area contributed by atoms with E-state index < -0.39 is 19.3 Å². The van der Waals surface area contributed by atoms with Gasteiger partial charge in [0.15, 0.2) is 0 Å². The molecule has 0 heterocycles. The van der Waals surface area contributed by atoms with Crippen LogP contribution in [0.3, 0.4) is 0 Å². The van der Waals surface area contributed by atoms with E-state index in [9.17, 15) is 18.6 Å². The van der Waals surface area contributed by atoms with Crippen LogP contribution in [-0.4, -0.2) is 72.1 Å². The van der Waals surface area contributed by atoms with Crippen molar-refractivity contribution in [2.24, 2.45) is 0 Å². The van der Waals surface area contributed by atoms with Gasteiger partial charge in [-0.3, -0.25) is 0 Å². The summed E-state index contributed by atoms with van der Waals surface area (Å²) in [6, 6.07) is 0. The molecule has 0 aliphatic heterocycles. The Hall–Kier alpha value is 0.00468. The number of halogens is 2. The molecule has 11 heteroatoms. The van der Waals surface area contributed by atoms with Gasteiger partial charge in [-0.25, -0.2) is 19.5 Å². The predicted molar refractivity (Wildman–Crippen MR) is 35.4 cm³/mol. The maximum absolute atomic E-state index is 10.5. The van der Waals surface area contributed by atoms with Crippen molar-refractivity contribution in [1.82, 2.24) is 0 Å². The second-order valence-corrected chi connectivity index (χ2v) is 1.08. The van der Waals surface area contributed by atoms with Crippen LogP contribution in [0.5, 0.6) is 0 Å². The molecule has 0 atom stereocenters. The van der Waals surface area contributed by atoms with Gasteiger partial charge < -0.3 is 15.1 Å². The Balaban J connectivity index is -0.000000173. The molecule has 0 aliphatic rings. The summed E-state index contributed by atoms with van der Waals surface area (Å²) in [4.78, 5) is 23.4. The molecule has 0 saturated heterocycles. The third kappa shape index (κ3) is 18.8. The molecule has 0 spiro atoms. The summed E-state index contributed by atoms with van der Waals surface area (Å²) in [7, 11) is -2.17. The van der Waals surface area contributed by atoms with Gasteiger partial charge in [0.25, 0.3) is 0 Å². The summed E-state index contributed by atoms with van der Waals surface area (Å²) in [5, 5.41) is 21.5. The molecule has 0 aliphatic carbocycles. The molecule has 3 N–H and O–H groups in total. The van der Waals surface area contributed by atoms with Crippen molar-refractivity contribution >= 4 is 57.0 Å². The van der Waals surface area contributed by atoms with Gasteiger partial charge in [-0.1, -0.05) is 0 Å². The average Bonchev–Trinajstić information content (AvgIpc) is 2.00. The van der Waals surface area contributed by atoms with Crippen LogP contribution in [0.2, 0.25) is 0 Å². The predicted octanol–water partition coefficient (Wildman–Crippen LogP) is -3.13. The van der Waals surface area contributed by atoms with Crippen molar-refractivity contribution in [2.45, 2.75) is 0 Å². The van der Waals surface area contributed by atoms with Gasteiger partial charge in [-0.15, -0.1) is 0 Å². The van der Waals surface area contributed by atoms with Gasteiger partial charge in [-0.05, 0) is 0 Å². The molecule has 0 aromatic heterocycles. The fourth-order valence-corrected chi connectivity index (χ4v) is 0.0630. The van der Waals surface area contributed by atoms with E-state index in [1.54, 1.807) is 0 Å². The van der Waals surface area contributed by atoms with Crippen molar-refractivity contribution in [3.8, 4) is 0 Å². The molecule has 0 radical (unpaired) electrons. The van der Waals surface area contributed by atoms with Gasteiger partial charge >= 0.3 is 57.0 Å². The normalized spacial score (nSPS) is 6.85. The molecule has 0 saturated carbocycles. The number of carbonyl (C=O) groups is 2. The Morgan fingerprint density at radius 2 is 1.15 bits per heavy atom. The van der Waals surface area contributed by atoms with E-state index in [1.165, 1.54) is 0 Å². The Kier molecular flexibility index (Phi) is 17.3. The van der Waals surface area contributed by atoms with Gasteiger partial charge in [0.1, 0.15) is 0 Å². The summed E-state index contributed by atoms with van der Waals surface area (Å²) < 4.78 is 21.0. The molecule has 0 bridgehead atoms. The van der Waals surface area contributed by atoms with Gasteiger partial charge in [0, 0.05) is 9.05 Å². The van der Waals surface area contributed by atoms with E-state index in [0.29, 0.717) is 0 Å². The van der Waals surface area contributed by atoms with Crippen molar-refractivity contribution < 1.29 is 43.6 Å². The SMILES string of the molecule is O=C(OF)C(=O)OF.OB(O)O.[CaH2]. The van der Waals surface area contributed by atoms with Gasteiger partial charge in [0.05, 0.1) is 0 Å². The van der Waals surface area contributed by atoms with Crippen LogP contribution in [0.25, 0.3) is 0 Å². The molecule has 74 valence electrons. The fourth-order valence-electron chi connectivity index (χ4n) is 0.0630. The average molecular weight is 230 g/mol. The first kappa shape index (κ1) is 18.7. The second-order valence-electron chi connectivity index (χ2n) is 1.08. The summed E-state index contributed by atoms with van der Waals surface area (Å²) >= 11 is 0. The third-order valence-corrected chi connectivity index (χ3v) is 0.307. The first-order valence-electron chi connectivity index (χ1n) is 2.15. The van der Waals surface area contributed by atoms with Crippen LogP contribution >= 0.6 is 0 Å². The maximum atomic E-state index is 10.5. The molecule has 13 heavy (non-hydrogen) atoms. The number of rotatable bonds is 0. The number of hydrogen-bond donors (Lipinski definition) is 3. The standard InChI is InChI=1S/C2F2O4.BH3O3.Ca.2H/c3-7-1(5)2(6)8-4;2-1(3)4;;;/h;2-4H;;;. The first-order valence-corrected chi connectivity index (χ1v) is 2.15. The Morgan fingerprint density at radius 3 is 1.23 bits per heavy atom. The van der Waals surface area contributed by atoms with Crippen LogP contribution in [0.15, 0.2) is 0 Å². The van der Waals surface area contributed by atoms with E-state index in [0.717, 1.165) is 0 Å². The zero-order valence-electron chi connectivity index (χ0n) is 5.31. The van der Waals surface area contributed by atoms with Crippen LogP contribution < -0.4 is 0 Å². The van der Waals surface area contributed by atoms with Crippen molar-refractivity contribution in [3.05, 3.63) is 0 Å². The molecule has 0 rings (SSSR count). The van der Waals surface area contributed by atoms with Crippen molar-refractivity contribution in [1.29, 1.82) is 0 Å². The molecule has 0 aromatic rings. The molecular weight excluding hydrogens is 225 g/mol. The second kappa shape index (κ2) is 12.0. The van der Waals surface area contributed by atoms with E-state index in [1.807, 2.05) is 0 Å². The minimum atomic E-state index is -2.17. The van der Waals surface area contributed by atoms with Crippen LogP contribution in [0.1, 0.15) is 0 Å².